The van der Waals surface area contributed by atoms with Gasteiger partial charge < -0.3 is 15.7 Å². The average Bonchev–Trinajstić information content (AvgIpc) is 2.85. The predicted molar refractivity (Wildman–Crippen MR) is 76.7 cm³/mol. The van der Waals surface area contributed by atoms with Gasteiger partial charge in [-0.2, -0.15) is 0 Å². The van der Waals surface area contributed by atoms with Crippen LogP contribution in [0, 0.1) is 0 Å². The molecular formula is C15H22N2O2. The lowest BCUT2D eigenvalue weighted by atomic mass is 9.99. The number of fused-ring (bicyclic) bond motifs is 1. The van der Waals surface area contributed by atoms with Crippen LogP contribution in [0.5, 0.6) is 0 Å². The minimum absolute atomic E-state index is 0.109. The predicted octanol–water partition coefficient (Wildman–Crippen LogP) is 1.59. The van der Waals surface area contributed by atoms with Crippen molar-refractivity contribution in [2.75, 3.05) is 18.4 Å². The van der Waals surface area contributed by atoms with E-state index in [4.69, 9.17) is 0 Å². The molecule has 1 heterocycles. The van der Waals surface area contributed by atoms with E-state index in [9.17, 15) is 9.90 Å². The van der Waals surface area contributed by atoms with Crippen molar-refractivity contribution >= 4 is 11.5 Å². The Morgan fingerprint density at radius 3 is 3.00 bits per heavy atom. The van der Waals surface area contributed by atoms with Crippen molar-refractivity contribution in [3.63, 3.8) is 0 Å². The first-order valence-electron chi connectivity index (χ1n) is 6.94. The minimum Gasteiger partial charge on any atom is -0.392 e. The molecule has 1 aromatic carbocycles. The minimum atomic E-state index is -0.439. The molecule has 19 heavy (non-hydrogen) atoms. The molecule has 2 unspecified atom stereocenters. The third-order valence-electron chi connectivity index (χ3n) is 3.48. The number of aliphatic hydroxyl groups is 1. The van der Waals surface area contributed by atoms with E-state index in [-0.39, 0.29) is 11.8 Å². The fourth-order valence-electron chi connectivity index (χ4n) is 2.39. The highest BCUT2D eigenvalue weighted by atomic mass is 16.3. The van der Waals surface area contributed by atoms with Crippen molar-refractivity contribution in [2.45, 2.75) is 38.8 Å². The first kappa shape index (κ1) is 14.0. The van der Waals surface area contributed by atoms with Crippen LogP contribution < -0.4 is 10.6 Å². The zero-order valence-electron chi connectivity index (χ0n) is 11.6. The third kappa shape index (κ3) is 3.33. The maximum absolute atomic E-state index is 12.4. The molecule has 2 rings (SSSR count). The second-order valence-electron chi connectivity index (χ2n) is 5.13. The zero-order valence-corrected chi connectivity index (χ0v) is 11.6. The number of ketones is 1. The number of carbonyl (C=O) groups is 1. The van der Waals surface area contributed by atoms with Crippen molar-refractivity contribution in [3.05, 3.63) is 29.3 Å². The van der Waals surface area contributed by atoms with Crippen molar-refractivity contribution in [1.82, 2.24) is 5.32 Å². The fraction of sp³-hybridized carbons (Fsp3) is 0.533. The number of benzene rings is 1. The van der Waals surface area contributed by atoms with Gasteiger partial charge in [0.15, 0.2) is 5.78 Å². The van der Waals surface area contributed by atoms with Crippen LogP contribution in [0.2, 0.25) is 0 Å². The molecule has 4 nitrogen and oxygen atoms in total. The number of hydrogen-bond donors (Lipinski definition) is 3. The highest BCUT2D eigenvalue weighted by molar-refractivity contribution is 6.00. The number of rotatable bonds is 6. The molecule has 0 saturated carbocycles. The van der Waals surface area contributed by atoms with Gasteiger partial charge in [-0.05, 0) is 43.5 Å². The summed E-state index contributed by atoms with van der Waals surface area (Å²) in [5, 5.41) is 15.7. The lowest BCUT2D eigenvalue weighted by molar-refractivity contribution is 0.0929. The molecule has 0 amide bonds. The van der Waals surface area contributed by atoms with E-state index in [0.29, 0.717) is 6.54 Å². The second-order valence-corrected chi connectivity index (χ2v) is 5.13. The Bertz CT molecular complexity index is 457. The van der Waals surface area contributed by atoms with Gasteiger partial charge in [0.2, 0.25) is 0 Å². The summed E-state index contributed by atoms with van der Waals surface area (Å²) < 4.78 is 0. The highest BCUT2D eigenvalue weighted by Gasteiger charge is 2.20. The quantitative estimate of drug-likeness (QED) is 0.681. The molecule has 0 aromatic heterocycles. The molecule has 1 aromatic rings. The Morgan fingerprint density at radius 1 is 1.53 bits per heavy atom. The van der Waals surface area contributed by atoms with Crippen LogP contribution in [0.1, 0.15) is 36.2 Å². The average molecular weight is 262 g/mol. The topological polar surface area (TPSA) is 61.4 Å². The molecule has 0 bridgehead atoms. The summed E-state index contributed by atoms with van der Waals surface area (Å²) in [4.78, 5) is 12.4. The van der Waals surface area contributed by atoms with Gasteiger partial charge in [-0.1, -0.05) is 6.92 Å². The first-order valence-corrected chi connectivity index (χ1v) is 6.94. The lowest BCUT2D eigenvalue weighted by Gasteiger charge is -2.17. The summed E-state index contributed by atoms with van der Waals surface area (Å²) in [5.74, 6) is 0.109. The Kier molecular flexibility index (Phi) is 4.56. The van der Waals surface area contributed by atoms with Crippen LogP contribution >= 0.6 is 0 Å². The van der Waals surface area contributed by atoms with Crippen LogP contribution in [0.4, 0.5) is 5.69 Å². The monoisotopic (exact) mass is 262 g/mol. The number of Topliss-reactive ketones (excluding diaryl/α,β-unsaturated/α-hetero) is 1. The summed E-state index contributed by atoms with van der Waals surface area (Å²) in [7, 11) is 0. The van der Waals surface area contributed by atoms with Crippen LogP contribution in [0.15, 0.2) is 18.2 Å². The van der Waals surface area contributed by atoms with E-state index in [1.807, 2.05) is 25.1 Å². The number of aliphatic hydroxyl groups excluding tert-OH is 1. The van der Waals surface area contributed by atoms with E-state index >= 15 is 0 Å². The summed E-state index contributed by atoms with van der Waals surface area (Å²) >= 11 is 0. The van der Waals surface area contributed by atoms with E-state index in [2.05, 4.69) is 10.6 Å². The van der Waals surface area contributed by atoms with Gasteiger partial charge in [0, 0.05) is 24.3 Å². The van der Waals surface area contributed by atoms with Crippen molar-refractivity contribution < 1.29 is 9.90 Å². The summed E-state index contributed by atoms with van der Waals surface area (Å²) in [5.41, 5.74) is 3.12. The molecule has 0 fully saturated rings. The zero-order chi connectivity index (χ0) is 13.8. The summed E-state index contributed by atoms with van der Waals surface area (Å²) in [6.45, 7) is 5.08. The summed E-state index contributed by atoms with van der Waals surface area (Å²) in [6.07, 6.45) is 1.26. The van der Waals surface area contributed by atoms with Crippen molar-refractivity contribution in [3.8, 4) is 0 Å². The summed E-state index contributed by atoms with van der Waals surface area (Å²) in [6, 6.07) is 5.63. The number of carbonyl (C=O) groups excluding carboxylic acids is 1. The molecule has 0 radical (unpaired) electrons. The van der Waals surface area contributed by atoms with Crippen LogP contribution in [-0.2, 0) is 6.42 Å². The van der Waals surface area contributed by atoms with Gasteiger partial charge >= 0.3 is 0 Å². The maximum atomic E-state index is 12.4. The first-order chi connectivity index (χ1) is 9.11. The molecule has 4 heteroatoms. The molecule has 0 aliphatic carbocycles. The standard InChI is InChI=1S/C15H22N2O2/c1-3-13(17-9-10(2)18)15(19)12-4-5-14-11(8-12)6-7-16-14/h4-5,8,10,13,16-18H,3,6-7,9H2,1-2H3. The Balaban J connectivity index is 2.09. The van der Waals surface area contributed by atoms with Gasteiger partial charge in [-0.15, -0.1) is 0 Å². The van der Waals surface area contributed by atoms with Crippen LogP contribution in [0.25, 0.3) is 0 Å². The van der Waals surface area contributed by atoms with Gasteiger partial charge in [0.25, 0.3) is 0 Å². The third-order valence-corrected chi connectivity index (χ3v) is 3.48. The number of anilines is 1. The van der Waals surface area contributed by atoms with E-state index < -0.39 is 6.10 Å². The number of hydrogen-bond acceptors (Lipinski definition) is 4. The smallest absolute Gasteiger partial charge is 0.179 e. The molecular weight excluding hydrogens is 240 g/mol. The molecule has 3 N–H and O–H groups in total. The molecule has 1 aliphatic rings. The fourth-order valence-corrected chi connectivity index (χ4v) is 2.39. The van der Waals surface area contributed by atoms with E-state index in [0.717, 1.165) is 30.6 Å². The second kappa shape index (κ2) is 6.17. The molecule has 1 aliphatic heterocycles. The van der Waals surface area contributed by atoms with Gasteiger partial charge in [0.1, 0.15) is 0 Å². The Morgan fingerprint density at radius 2 is 2.32 bits per heavy atom. The molecule has 2 atom stereocenters. The SMILES string of the molecule is CCC(NCC(C)O)C(=O)c1ccc2c(c1)CCN2. The van der Waals surface area contributed by atoms with Gasteiger partial charge in [-0.25, -0.2) is 0 Å². The Hall–Kier alpha value is -1.39. The van der Waals surface area contributed by atoms with Crippen LogP contribution in [0.3, 0.4) is 0 Å². The van der Waals surface area contributed by atoms with Gasteiger partial charge in [0.05, 0.1) is 12.1 Å². The Labute approximate surface area is 114 Å². The van der Waals surface area contributed by atoms with E-state index in [1.54, 1.807) is 6.92 Å². The van der Waals surface area contributed by atoms with Crippen LogP contribution in [-0.4, -0.2) is 36.1 Å². The molecule has 0 saturated heterocycles. The number of nitrogens with one attached hydrogen (secondary N) is 2. The normalized spacial score (nSPS) is 16.6. The van der Waals surface area contributed by atoms with Crippen molar-refractivity contribution in [2.24, 2.45) is 0 Å². The molecule has 0 spiro atoms. The largest absolute Gasteiger partial charge is 0.392 e. The lowest BCUT2D eigenvalue weighted by Crippen LogP contribution is -2.40. The highest BCUT2D eigenvalue weighted by Crippen LogP contribution is 2.23. The van der Waals surface area contributed by atoms with Crippen molar-refractivity contribution in [1.29, 1.82) is 0 Å². The molecule has 104 valence electrons. The van der Waals surface area contributed by atoms with Gasteiger partial charge in [-0.3, -0.25) is 4.79 Å². The maximum Gasteiger partial charge on any atom is 0.179 e. The van der Waals surface area contributed by atoms with E-state index in [1.165, 1.54) is 5.56 Å².